The molecule has 3 rings (SSSR count). The van der Waals surface area contributed by atoms with Crippen LogP contribution in [0.4, 0.5) is 4.39 Å². The van der Waals surface area contributed by atoms with Crippen molar-refractivity contribution in [2.75, 3.05) is 0 Å². The number of para-hydroxylation sites is 1. The quantitative estimate of drug-likeness (QED) is 0.777. The van der Waals surface area contributed by atoms with E-state index in [2.05, 4.69) is 10.3 Å². The van der Waals surface area contributed by atoms with Crippen molar-refractivity contribution in [3.63, 3.8) is 0 Å². The van der Waals surface area contributed by atoms with Crippen LogP contribution < -0.4 is 0 Å². The monoisotopic (exact) mass is 271 g/mol. The molecule has 0 aliphatic rings. The number of fused-ring (bicyclic) bond motifs is 1. The van der Waals surface area contributed by atoms with Gasteiger partial charge in [0.05, 0.1) is 11.3 Å². The van der Waals surface area contributed by atoms with Crippen molar-refractivity contribution in [1.82, 2.24) is 15.0 Å². The number of hydrogen-bond donors (Lipinski definition) is 1. The van der Waals surface area contributed by atoms with E-state index in [-0.39, 0.29) is 11.4 Å². The van der Waals surface area contributed by atoms with Gasteiger partial charge in [-0.15, -0.1) is 5.10 Å². The molecular formula is C14H10FN3O2. The molecule has 0 spiro atoms. The standard InChI is InChI=1S/C14H10FN3O2/c1-8-10(15)5-3-7-12(8)18-13-9(14(19)20)4-2-6-11(13)16-17-18/h2-7H,1H3,(H,19,20). The van der Waals surface area contributed by atoms with Crippen LogP contribution in [-0.4, -0.2) is 26.1 Å². The number of benzene rings is 2. The minimum atomic E-state index is -1.08. The molecule has 1 aromatic heterocycles. The number of aromatic nitrogens is 3. The van der Waals surface area contributed by atoms with Crippen molar-refractivity contribution in [2.24, 2.45) is 0 Å². The highest BCUT2D eigenvalue weighted by Crippen LogP contribution is 2.23. The Bertz CT molecular complexity index is 826. The Kier molecular flexibility index (Phi) is 2.71. The summed E-state index contributed by atoms with van der Waals surface area (Å²) in [7, 11) is 0. The molecule has 0 aliphatic heterocycles. The zero-order valence-electron chi connectivity index (χ0n) is 10.5. The largest absolute Gasteiger partial charge is 0.478 e. The van der Waals surface area contributed by atoms with Crippen LogP contribution in [0.3, 0.4) is 0 Å². The molecule has 2 aromatic carbocycles. The maximum atomic E-state index is 13.7. The first kappa shape index (κ1) is 12.3. The Morgan fingerprint density at radius 2 is 2.00 bits per heavy atom. The number of hydrogen-bond acceptors (Lipinski definition) is 3. The molecule has 1 N–H and O–H groups in total. The molecule has 6 heteroatoms. The summed E-state index contributed by atoms with van der Waals surface area (Å²) in [6.07, 6.45) is 0. The Morgan fingerprint density at radius 3 is 2.75 bits per heavy atom. The average molecular weight is 271 g/mol. The van der Waals surface area contributed by atoms with E-state index >= 15 is 0 Å². The number of rotatable bonds is 2. The van der Waals surface area contributed by atoms with E-state index in [1.54, 1.807) is 31.2 Å². The maximum absolute atomic E-state index is 13.7. The molecular weight excluding hydrogens is 261 g/mol. The van der Waals surface area contributed by atoms with E-state index in [1.165, 1.54) is 16.8 Å². The fourth-order valence-corrected chi connectivity index (χ4v) is 2.14. The molecule has 100 valence electrons. The first-order valence-electron chi connectivity index (χ1n) is 5.93. The van der Waals surface area contributed by atoms with Crippen LogP contribution in [0.5, 0.6) is 0 Å². The summed E-state index contributed by atoms with van der Waals surface area (Å²) in [5.74, 6) is -1.45. The van der Waals surface area contributed by atoms with Gasteiger partial charge in [-0.3, -0.25) is 0 Å². The van der Waals surface area contributed by atoms with Crippen LogP contribution in [0.2, 0.25) is 0 Å². The molecule has 0 aliphatic carbocycles. The molecule has 3 aromatic rings. The molecule has 0 saturated carbocycles. The highest BCUT2D eigenvalue weighted by molar-refractivity contribution is 6.01. The summed E-state index contributed by atoms with van der Waals surface area (Å²) in [6.45, 7) is 1.61. The lowest BCUT2D eigenvalue weighted by atomic mass is 10.1. The van der Waals surface area contributed by atoms with Crippen LogP contribution >= 0.6 is 0 Å². The first-order chi connectivity index (χ1) is 9.59. The molecule has 20 heavy (non-hydrogen) atoms. The summed E-state index contributed by atoms with van der Waals surface area (Å²) >= 11 is 0. The normalized spacial score (nSPS) is 10.9. The second-order valence-corrected chi connectivity index (χ2v) is 4.36. The van der Waals surface area contributed by atoms with Gasteiger partial charge in [-0.05, 0) is 31.2 Å². The van der Waals surface area contributed by atoms with Gasteiger partial charge >= 0.3 is 5.97 Å². The van der Waals surface area contributed by atoms with Gasteiger partial charge in [0.1, 0.15) is 16.9 Å². The molecule has 0 atom stereocenters. The van der Waals surface area contributed by atoms with Gasteiger partial charge in [-0.25, -0.2) is 13.9 Å². The Morgan fingerprint density at radius 1 is 1.25 bits per heavy atom. The topological polar surface area (TPSA) is 68.0 Å². The number of aromatic carboxylic acids is 1. The van der Waals surface area contributed by atoms with Crippen molar-refractivity contribution in [2.45, 2.75) is 6.92 Å². The van der Waals surface area contributed by atoms with Gasteiger partial charge in [-0.2, -0.15) is 0 Å². The Balaban J connectivity index is 2.38. The van der Waals surface area contributed by atoms with Gasteiger partial charge in [0, 0.05) is 5.56 Å². The van der Waals surface area contributed by atoms with Crippen LogP contribution in [0.15, 0.2) is 36.4 Å². The van der Waals surface area contributed by atoms with Gasteiger partial charge < -0.3 is 5.11 Å². The predicted molar refractivity (Wildman–Crippen MR) is 70.5 cm³/mol. The molecule has 0 amide bonds. The molecule has 0 fully saturated rings. The Hall–Kier alpha value is -2.76. The molecule has 1 heterocycles. The molecule has 0 bridgehead atoms. The van der Waals surface area contributed by atoms with Gasteiger partial charge in [0.2, 0.25) is 0 Å². The van der Waals surface area contributed by atoms with Crippen LogP contribution in [0, 0.1) is 12.7 Å². The lowest BCUT2D eigenvalue weighted by molar-refractivity contribution is 0.0698. The highest BCUT2D eigenvalue weighted by Gasteiger charge is 2.17. The minimum absolute atomic E-state index is 0.0798. The van der Waals surface area contributed by atoms with E-state index in [4.69, 9.17) is 0 Å². The van der Waals surface area contributed by atoms with Crippen molar-refractivity contribution in [3.05, 3.63) is 53.3 Å². The fourth-order valence-electron chi connectivity index (χ4n) is 2.14. The lowest BCUT2D eigenvalue weighted by Crippen LogP contribution is -2.05. The molecule has 0 saturated heterocycles. The van der Waals surface area contributed by atoms with Gasteiger partial charge in [0.15, 0.2) is 0 Å². The summed E-state index contributed by atoms with van der Waals surface area (Å²) in [6, 6.07) is 9.30. The van der Waals surface area contributed by atoms with Crippen LogP contribution in [0.25, 0.3) is 16.7 Å². The van der Waals surface area contributed by atoms with Crippen molar-refractivity contribution < 1.29 is 14.3 Å². The molecule has 5 nitrogen and oxygen atoms in total. The lowest BCUT2D eigenvalue weighted by Gasteiger charge is -2.08. The minimum Gasteiger partial charge on any atom is -0.478 e. The van der Waals surface area contributed by atoms with Crippen molar-refractivity contribution in [1.29, 1.82) is 0 Å². The van der Waals surface area contributed by atoms with E-state index in [0.29, 0.717) is 22.3 Å². The number of carboxylic acids is 1. The van der Waals surface area contributed by atoms with Crippen molar-refractivity contribution in [3.8, 4) is 5.69 Å². The number of halogens is 1. The molecule has 0 unspecified atom stereocenters. The second kappa shape index (κ2) is 4.41. The predicted octanol–water partition coefficient (Wildman–Crippen LogP) is 2.57. The summed E-state index contributed by atoms with van der Waals surface area (Å²) in [5.41, 5.74) is 1.75. The smallest absolute Gasteiger partial charge is 0.337 e. The molecule has 0 radical (unpaired) electrons. The van der Waals surface area contributed by atoms with E-state index in [1.807, 2.05) is 0 Å². The third kappa shape index (κ3) is 1.73. The zero-order chi connectivity index (χ0) is 14.3. The van der Waals surface area contributed by atoms with Crippen molar-refractivity contribution >= 4 is 17.0 Å². The van der Waals surface area contributed by atoms with Crippen LogP contribution in [0.1, 0.15) is 15.9 Å². The zero-order valence-corrected chi connectivity index (χ0v) is 10.5. The van der Waals surface area contributed by atoms with Gasteiger partial charge in [-0.1, -0.05) is 17.3 Å². The SMILES string of the molecule is Cc1c(F)cccc1-n1nnc2cccc(C(=O)O)c21. The fraction of sp³-hybridized carbons (Fsp3) is 0.0714. The third-order valence-corrected chi connectivity index (χ3v) is 3.17. The third-order valence-electron chi connectivity index (χ3n) is 3.17. The number of carbonyl (C=O) groups is 1. The second-order valence-electron chi connectivity index (χ2n) is 4.36. The summed E-state index contributed by atoms with van der Waals surface area (Å²) < 4.78 is 15.0. The average Bonchev–Trinajstić information content (AvgIpc) is 2.85. The van der Waals surface area contributed by atoms with Gasteiger partial charge in [0.25, 0.3) is 0 Å². The van der Waals surface area contributed by atoms with Crippen LogP contribution in [-0.2, 0) is 0 Å². The Labute approximate surface area is 113 Å². The first-order valence-corrected chi connectivity index (χ1v) is 5.93. The van der Waals surface area contributed by atoms with E-state index in [9.17, 15) is 14.3 Å². The summed E-state index contributed by atoms with van der Waals surface area (Å²) in [4.78, 5) is 11.3. The number of nitrogens with zero attached hydrogens (tertiary/aromatic N) is 3. The van der Waals surface area contributed by atoms with E-state index < -0.39 is 5.97 Å². The summed E-state index contributed by atoms with van der Waals surface area (Å²) in [5, 5.41) is 17.1. The highest BCUT2D eigenvalue weighted by atomic mass is 19.1. The number of carboxylic acid groups (broad SMARTS) is 1. The van der Waals surface area contributed by atoms with E-state index in [0.717, 1.165) is 0 Å². The maximum Gasteiger partial charge on any atom is 0.337 e.